The Morgan fingerprint density at radius 2 is 1.91 bits per heavy atom. The fourth-order valence-corrected chi connectivity index (χ4v) is 3.17. The molecule has 22 heavy (non-hydrogen) atoms. The van der Waals surface area contributed by atoms with Gasteiger partial charge in [0, 0.05) is 13.0 Å². The first-order chi connectivity index (χ1) is 10.6. The number of benzene rings is 1. The monoisotopic (exact) mass is 301 g/mol. The minimum absolute atomic E-state index is 0.0533. The smallest absolute Gasteiger partial charge is 0.322 e. The number of hydrogen-bond donors (Lipinski definition) is 2. The van der Waals surface area contributed by atoms with Crippen molar-refractivity contribution in [2.75, 3.05) is 6.54 Å². The first-order valence-corrected chi connectivity index (χ1v) is 7.61. The summed E-state index contributed by atoms with van der Waals surface area (Å²) in [5.41, 5.74) is 1.11. The SMILES string of the molecule is O=C1CC[C@H](C(=O)N2CCC[C@@H]2c2ccccc2)NC(=O)N1. The van der Waals surface area contributed by atoms with Crippen LogP contribution in [0.1, 0.15) is 37.3 Å². The van der Waals surface area contributed by atoms with Crippen molar-refractivity contribution in [3.8, 4) is 0 Å². The van der Waals surface area contributed by atoms with Gasteiger partial charge in [0.2, 0.25) is 11.8 Å². The van der Waals surface area contributed by atoms with Crippen molar-refractivity contribution in [1.29, 1.82) is 0 Å². The number of carbonyl (C=O) groups is 3. The van der Waals surface area contributed by atoms with E-state index in [0.29, 0.717) is 13.0 Å². The van der Waals surface area contributed by atoms with Crippen LogP contribution in [-0.2, 0) is 9.59 Å². The van der Waals surface area contributed by atoms with E-state index in [1.807, 2.05) is 35.2 Å². The molecule has 0 radical (unpaired) electrons. The van der Waals surface area contributed by atoms with Gasteiger partial charge in [-0.3, -0.25) is 14.9 Å². The van der Waals surface area contributed by atoms with Gasteiger partial charge in [-0.15, -0.1) is 0 Å². The van der Waals surface area contributed by atoms with E-state index >= 15 is 0 Å². The quantitative estimate of drug-likeness (QED) is 0.865. The number of carbonyl (C=O) groups excluding carboxylic acids is 3. The number of likely N-dealkylation sites (tertiary alicyclic amines) is 1. The molecule has 2 atom stereocenters. The first kappa shape index (κ1) is 14.6. The van der Waals surface area contributed by atoms with E-state index in [1.165, 1.54) is 0 Å². The molecule has 2 heterocycles. The second-order valence-electron chi connectivity index (χ2n) is 5.71. The Morgan fingerprint density at radius 3 is 2.68 bits per heavy atom. The Bertz CT molecular complexity index is 588. The van der Waals surface area contributed by atoms with Crippen LogP contribution in [0.4, 0.5) is 4.79 Å². The van der Waals surface area contributed by atoms with E-state index in [-0.39, 0.29) is 24.3 Å². The van der Waals surface area contributed by atoms with Crippen LogP contribution in [-0.4, -0.2) is 35.3 Å². The maximum Gasteiger partial charge on any atom is 0.322 e. The van der Waals surface area contributed by atoms with Gasteiger partial charge >= 0.3 is 6.03 Å². The molecule has 2 N–H and O–H groups in total. The summed E-state index contributed by atoms with van der Waals surface area (Å²) < 4.78 is 0. The summed E-state index contributed by atoms with van der Waals surface area (Å²) in [4.78, 5) is 37.5. The summed E-state index contributed by atoms with van der Waals surface area (Å²) in [5, 5.41) is 4.80. The predicted octanol–water partition coefficient (Wildman–Crippen LogP) is 1.34. The molecule has 4 amide bonds. The molecule has 0 unspecified atom stereocenters. The van der Waals surface area contributed by atoms with Gasteiger partial charge in [-0.05, 0) is 24.8 Å². The molecule has 116 valence electrons. The van der Waals surface area contributed by atoms with Crippen LogP contribution in [0.2, 0.25) is 0 Å². The van der Waals surface area contributed by atoms with Gasteiger partial charge in [-0.25, -0.2) is 4.79 Å². The number of nitrogens with one attached hydrogen (secondary N) is 2. The number of amides is 4. The van der Waals surface area contributed by atoms with E-state index in [2.05, 4.69) is 10.6 Å². The zero-order chi connectivity index (χ0) is 15.5. The lowest BCUT2D eigenvalue weighted by atomic mass is 10.0. The van der Waals surface area contributed by atoms with Crippen molar-refractivity contribution in [2.45, 2.75) is 37.8 Å². The number of rotatable bonds is 2. The van der Waals surface area contributed by atoms with Gasteiger partial charge < -0.3 is 10.2 Å². The summed E-state index contributed by atoms with van der Waals surface area (Å²) in [5.74, 6) is -0.440. The highest BCUT2D eigenvalue weighted by molar-refractivity contribution is 5.98. The minimum atomic E-state index is -0.629. The standard InChI is InChI=1S/C16H19N3O3/c20-14-9-8-12(17-16(22)18-14)15(21)19-10-4-7-13(19)11-5-2-1-3-6-11/h1-3,5-6,12-13H,4,7-10H2,(H2,17,18,20,22)/t12-,13-/m1/s1. The number of imide groups is 1. The molecule has 3 rings (SSSR count). The molecule has 2 fully saturated rings. The minimum Gasteiger partial charge on any atom is -0.334 e. The molecular formula is C16H19N3O3. The molecule has 0 bridgehead atoms. The molecule has 0 aromatic heterocycles. The lowest BCUT2D eigenvalue weighted by Gasteiger charge is -2.28. The van der Waals surface area contributed by atoms with Crippen molar-refractivity contribution in [3.05, 3.63) is 35.9 Å². The lowest BCUT2D eigenvalue weighted by Crippen LogP contribution is -2.49. The summed E-state index contributed by atoms with van der Waals surface area (Å²) in [6.45, 7) is 0.687. The van der Waals surface area contributed by atoms with Crippen molar-refractivity contribution in [2.24, 2.45) is 0 Å². The molecular weight excluding hydrogens is 282 g/mol. The molecule has 2 aliphatic rings. The fraction of sp³-hybridized carbons (Fsp3) is 0.438. The van der Waals surface area contributed by atoms with Gasteiger partial charge in [0.25, 0.3) is 0 Å². The Labute approximate surface area is 128 Å². The summed E-state index contributed by atoms with van der Waals surface area (Å²) >= 11 is 0. The van der Waals surface area contributed by atoms with Gasteiger partial charge in [0.05, 0.1) is 6.04 Å². The third-order valence-electron chi connectivity index (χ3n) is 4.24. The Hall–Kier alpha value is -2.37. The van der Waals surface area contributed by atoms with Gasteiger partial charge in [0.1, 0.15) is 6.04 Å². The van der Waals surface area contributed by atoms with Crippen LogP contribution < -0.4 is 10.6 Å². The van der Waals surface area contributed by atoms with Gasteiger partial charge in [-0.1, -0.05) is 30.3 Å². The maximum absolute atomic E-state index is 12.8. The topological polar surface area (TPSA) is 78.5 Å². The zero-order valence-electron chi connectivity index (χ0n) is 12.2. The van der Waals surface area contributed by atoms with Crippen molar-refractivity contribution in [1.82, 2.24) is 15.5 Å². The molecule has 0 aliphatic carbocycles. The third-order valence-corrected chi connectivity index (χ3v) is 4.24. The van der Waals surface area contributed by atoms with Gasteiger partial charge in [0.15, 0.2) is 0 Å². The Morgan fingerprint density at radius 1 is 1.14 bits per heavy atom. The second-order valence-corrected chi connectivity index (χ2v) is 5.71. The van der Waals surface area contributed by atoms with Crippen LogP contribution in [0.15, 0.2) is 30.3 Å². The average molecular weight is 301 g/mol. The van der Waals surface area contributed by atoms with Crippen LogP contribution in [0.3, 0.4) is 0 Å². The molecule has 6 nitrogen and oxygen atoms in total. The number of nitrogens with zero attached hydrogens (tertiary/aromatic N) is 1. The Balaban J connectivity index is 1.76. The average Bonchev–Trinajstić information content (AvgIpc) is 2.94. The first-order valence-electron chi connectivity index (χ1n) is 7.61. The highest BCUT2D eigenvalue weighted by Gasteiger charge is 2.35. The van der Waals surface area contributed by atoms with E-state index in [4.69, 9.17) is 0 Å². The summed E-state index contributed by atoms with van der Waals surface area (Å²) in [7, 11) is 0. The Kier molecular flexibility index (Phi) is 4.09. The predicted molar refractivity (Wildman–Crippen MR) is 79.8 cm³/mol. The summed E-state index contributed by atoms with van der Waals surface area (Å²) in [6, 6.07) is 8.76. The normalized spacial score (nSPS) is 25.4. The van der Waals surface area contributed by atoms with Crippen molar-refractivity contribution >= 4 is 17.8 Å². The highest BCUT2D eigenvalue weighted by atomic mass is 16.2. The lowest BCUT2D eigenvalue weighted by molar-refractivity contribution is -0.134. The molecule has 0 saturated carbocycles. The second kappa shape index (κ2) is 6.17. The van der Waals surface area contributed by atoms with E-state index in [1.54, 1.807) is 0 Å². The van der Waals surface area contributed by atoms with Crippen LogP contribution >= 0.6 is 0 Å². The third kappa shape index (κ3) is 2.95. The van der Waals surface area contributed by atoms with Crippen molar-refractivity contribution < 1.29 is 14.4 Å². The van der Waals surface area contributed by atoms with E-state index in [0.717, 1.165) is 18.4 Å². The van der Waals surface area contributed by atoms with Crippen LogP contribution in [0, 0.1) is 0 Å². The molecule has 2 saturated heterocycles. The summed E-state index contributed by atoms with van der Waals surface area (Å²) in [6.07, 6.45) is 2.39. The number of hydrogen-bond acceptors (Lipinski definition) is 3. The molecule has 2 aliphatic heterocycles. The molecule has 1 aromatic rings. The van der Waals surface area contributed by atoms with Gasteiger partial charge in [-0.2, -0.15) is 0 Å². The zero-order valence-corrected chi connectivity index (χ0v) is 12.2. The highest BCUT2D eigenvalue weighted by Crippen LogP contribution is 2.32. The fourth-order valence-electron chi connectivity index (χ4n) is 3.17. The van der Waals surface area contributed by atoms with Crippen LogP contribution in [0.25, 0.3) is 0 Å². The van der Waals surface area contributed by atoms with E-state index in [9.17, 15) is 14.4 Å². The number of urea groups is 1. The van der Waals surface area contributed by atoms with E-state index < -0.39 is 12.1 Å². The van der Waals surface area contributed by atoms with Crippen LogP contribution in [0.5, 0.6) is 0 Å². The van der Waals surface area contributed by atoms with Crippen molar-refractivity contribution in [3.63, 3.8) is 0 Å². The maximum atomic E-state index is 12.8. The molecule has 1 aromatic carbocycles. The molecule has 0 spiro atoms. The molecule has 6 heteroatoms. The largest absolute Gasteiger partial charge is 0.334 e.